The molecule has 2 aromatic carbocycles. The molecule has 0 aliphatic rings. The normalized spacial score (nSPS) is 12.5. The molecule has 0 fully saturated rings. The van der Waals surface area contributed by atoms with E-state index < -0.39 is 20.0 Å². The van der Waals surface area contributed by atoms with E-state index in [4.69, 9.17) is 22.0 Å². The number of phenolic OH excluding ortho intramolecular Hbond substituents is 1. The second-order valence-electron chi connectivity index (χ2n) is 4.43. The van der Waals surface area contributed by atoms with E-state index in [2.05, 4.69) is 9.19 Å². The molecule has 0 heterocycles. The second-order valence-corrected chi connectivity index (χ2v) is 8.45. The molecule has 0 aliphatic heterocycles. The summed E-state index contributed by atoms with van der Waals surface area (Å²) in [5, 5.41) is 19.5. The molecule has 0 radical (unpaired) electrons. The first kappa shape index (κ1) is 20.2. The molecule has 0 aromatic heterocycles. The number of halogens is 2. The van der Waals surface area contributed by atoms with Crippen molar-refractivity contribution in [3.63, 3.8) is 0 Å². The van der Waals surface area contributed by atoms with Gasteiger partial charge in [0.1, 0.15) is 11.6 Å². The Hall–Kier alpha value is -1.83. The quantitative estimate of drug-likeness (QED) is 0.342. The zero-order chi connectivity index (χ0) is 18.3. The SMILES string of the molecule is CC(=O)Nc1cccc([As](=O)(O)OO)c1.Oc1ccc(F)cc1Cl. The Labute approximate surface area is 144 Å². The maximum atomic E-state index is 12.2. The number of phenols is 1. The number of nitrogens with one attached hydrogen (secondary N) is 1. The number of rotatable bonds is 3. The van der Waals surface area contributed by atoms with Crippen LogP contribution in [0, 0.1) is 5.82 Å². The summed E-state index contributed by atoms with van der Waals surface area (Å²) in [6.45, 7) is 1.32. The van der Waals surface area contributed by atoms with Crippen LogP contribution in [0.5, 0.6) is 5.75 Å². The third-order valence-electron chi connectivity index (χ3n) is 2.51. The number of carbonyl (C=O) groups is 1. The summed E-state index contributed by atoms with van der Waals surface area (Å²) in [5.74, 6) is -0.840. The average molecular weight is 422 g/mol. The van der Waals surface area contributed by atoms with Crippen molar-refractivity contribution in [3.05, 3.63) is 53.3 Å². The van der Waals surface area contributed by atoms with Crippen molar-refractivity contribution in [3.8, 4) is 5.75 Å². The van der Waals surface area contributed by atoms with Gasteiger partial charge in [-0.2, -0.15) is 0 Å². The predicted octanol–water partition coefficient (Wildman–Crippen LogP) is 1.89. The van der Waals surface area contributed by atoms with Gasteiger partial charge in [0.2, 0.25) is 0 Å². The molecule has 1 atom stereocenters. The predicted molar refractivity (Wildman–Crippen MR) is 85.8 cm³/mol. The molecule has 10 heteroatoms. The third kappa shape index (κ3) is 6.35. The van der Waals surface area contributed by atoms with Crippen molar-refractivity contribution >= 4 is 41.7 Å². The Morgan fingerprint density at radius 3 is 2.46 bits per heavy atom. The van der Waals surface area contributed by atoms with E-state index in [0.29, 0.717) is 5.69 Å². The van der Waals surface area contributed by atoms with Crippen LogP contribution < -0.4 is 9.67 Å². The standard InChI is InChI=1S/C8H10AsNO5.C6H4ClFO/c1-6(11)10-8-4-2-3-7(5-8)9(12,13)15-14;7-5-3-4(8)1-2-6(5)9/h2-5,14H,1H3,(H,10,11)(H,12,13);1-3,9H. The van der Waals surface area contributed by atoms with Gasteiger partial charge in [0.25, 0.3) is 0 Å². The zero-order valence-electron chi connectivity index (χ0n) is 12.3. The minimum atomic E-state index is -4.83. The smallest absolute Gasteiger partial charge is 0.134 e. The van der Waals surface area contributed by atoms with Gasteiger partial charge in [-0.1, -0.05) is 11.6 Å². The number of anilines is 1. The molecule has 1 unspecified atom stereocenters. The molecule has 0 aliphatic carbocycles. The first-order valence-corrected chi connectivity index (χ1v) is 10.0. The summed E-state index contributed by atoms with van der Waals surface area (Å²) in [4.78, 5) is 10.7. The first-order chi connectivity index (χ1) is 11.2. The molecule has 0 saturated carbocycles. The molecular weight excluding hydrogens is 408 g/mol. The summed E-state index contributed by atoms with van der Waals surface area (Å²) in [6, 6.07) is 9.04. The Kier molecular flexibility index (Phi) is 7.47. The molecule has 2 aromatic rings. The van der Waals surface area contributed by atoms with E-state index in [0.717, 1.165) is 12.1 Å². The molecule has 24 heavy (non-hydrogen) atoms. The average Bonchev–Trinajstić information content (AvgIpc) is 2.51. The number of carbonyl (C=O) groups excluding carboxylic acids is 1. The van der Waals surface area contributed by atoms with Gasteiger partial charge in [0.15, 0.2) is 0 Å². The minimum Gasteiger partial charge on any atom is -0.506 e. The van der Waals surface area contributed by atoms with E-state index in [1.54, 1.807) is 6.07 Å². The molecule has 0 bridgehead atoms. The molecule has 1 amide bonds. The van der Waals surface area contributed by atoms with Crippen LogP contribution in [0.1, 0.15) is 6.92 Å². The van der Waals surface area contributed by atoms with Gasteiger partial charge in [-0.15, -0.1) is 0 Å². The van der Waals surface area contributed by atoms with Gasteiger partial charge in [-0.05, 0) is 18.2 Å². The van der Waals surface area contributed by atoms with Crippen molar-refractivity contribution in [2.45, 2.75) is 6.92 Å². The fraction of sp³-hybridized carbons (Fsp3) is 0.0714. The summed E-state index contributed by atoms with van der Waals surface area (Å²) in [7, 11) is 0. The topological polar surface area (TPSA) is 116 Å². The fourth-order valence-electron chi connectivity index (χ4n) is 1.49. The third-order valence-corrected chi connectivity index (χ3v) is 5.23. The fourth-order valence-corrected chi connectivity index (χ4v) is 3.07. The maximum absolute atomic E-state index is 12.2. The van der Waals surface area contributed by atoms with Crippen molar-refractivity contribution in [1.82, 2.24) is 0 Å². The van der Waals surface area contributed by atoms with E-state index in [1.165, 1.54) is 31.2 Å². The summed E-state index contributed by atoms with van der Waals surface area (Å²) in [5.41, 5.74) is 0.368. The van der Waals surface area contributed by atoms with Gasteiger partial charge in [0, 0.05) is 0 Å². The van der Waals surface area contributed by atoms with Crippen LogP contribution in [0.15, 0.2) is 42.5 Å². The molecule has 2 rings (SSSR count). The molecular formula is C14H14AsClFNO6. The molecule has 130 valence electrons. The van der Waals surface area contributed by atoms with E-state index >= 15 is 0 Å². The van der Waals surface area contributed by atoms with Crippen molar-refractivity contribution < 1.29 is 31.3 Å². The van der Waals surface area contributed by atoms with Crippen LogP contribution in [-0.4, -0.2) is 34.5 Å². The first-order valence-electron chi connectivity index (χ1n) is 6.34. The molecule has 0 saturated heterocycles. The van der Waals surface area contributed by atoms with Crippen LogP contribution in [0.2, 0.25) is 5.02 Å². The summed E-state index contributed by atoms with van der Waals surface area (Å²) >= 11 is 0.498. The Balaban J connectivity index is 0.000000272. The van der Waals surface area contributed by atoms with Gasteiger partial charge in [-0.25, -0.2) is 4.39 Å². The second kappa shape index (κ2) is 8.86. The zero-order valence-corrected chi connectivity index (χ0v) is 14.9. The van der Waals surface area contributed by atoms with Crippen LogP contribution in [0.25, 0.3) is 0 Å². The van der Waals surface area contributed by atoms with Gasteiger partial charge < -0.3 is 5.11 Å². The van der Waals surface area contributed by atoms with Crippen molar-refractivity contribution in [2.24, 2.45) is 0 Å². The minimum absolute atomic E-state index is 0.0370. The summed E-state index contributed by atoms with van der Waals surface area (Å²) in [6.07, 6.45) is 0. The molecule has 4 N–H and O–H groups in total. The number of benzene rings is 2. The summed E-state index contributed by atoms with van der Waals surface area (Å²) < 4.78 is 36.1. The van der Waals surface area contributed by atoms with Crippen LogP contribution >= 0.6 is 11.6 Å². The molecule has 7 nitrogen and oxygen atoms in total. The van der Waals surface area contributed by atoms with Crippen LogP contribution in [0.3, 0.4) is 0 Å². The van der Waals surface area contributed by atoms with E-state index in [9.17, 15) is 17.0 Å². The van der Waals surface area contributed by atoms with E-state index in [1.807, 2.05) is 0 Å². The van der Waals surface area contributed by atoms with Crippen molar-refractivity contribution in [2.75, 3.05) is 5.32 Å². The van der Waals surface area contributed by atoms with Gasteiger partial charge in [0.05, 0.1) is 5.02 Å². The van der Waals surface area contributed by atoms with Crippen LogP contribution in [0.4, 0.5) is 10.1 Å². The Morgan fingerprint density at radius 1 is 1.29 bits per heavy atom. The largest absolute Gasteiger partial charge is 0.506 e. The van der Waals surface area contributed by atoms with Gasteiger partial charge in [-0.3, -0.25) is 0 Å². The van der Waals surface area contributed by atoms with Crippen molar-refractivity contribution in [1.29, 1.82) is 0 Å². The number of amides is 1. The van der Waals surface area contributed by atoms with Crippen LogP contribution in [-0.2, 0) is 12.4 Å². The molecule has 0 spiro atoms. The number of aromatic hydroxyl groups is 1. The Bertz CT molecular complexity index is 773. The maximum Gasteiger partial charge on any atom is 0.134 e. The van der Waals surface area contributed by atoms with E-state index in [-0.39, 0.29) is 21.0 Å². The number of hydrogen-bond acceptors (Lipinski definition) is 5. The number of hydrogen-bond donors (Lipinski definition) is 4. The monoisotopic (exact) mass is 421 g/mol. The van der Waals surface area contributed by atoms with Gasteiger partial charge >= 0.3 is 88.4 Å². The Morgan fingerprint density at radius 2 is 1.96 bits per heavy atom.